The number of aromatic nitrogens is 3. The van der Waals surface area contributed by atoms with Crippen molar-refractivity contribution in [3.05, 3.63) is 230 Å². The van der Waals surface area contributed by atoms with Gasteiger partial charge in [-0.15, -0.1) is 0 Å². The molecule has 10 aromatic rings. The third-order valence-corrected chi connectivity index (χ3v) is 16.7. The van der Waals surface area contributed by atoms with Gasteiger partial charge >= 0.3 is 0 Å². The van der Waals surface area contributed by atoms with Gasteiger partial charge in [0.15, 0.2) is 14.2 Å². The van der Waals surface area contributed by atoms with E-state index in [-0.39, 0.29) is 0 Å². The van der Waals surface area contributed by atoms with Crippen molar-refractivity contribution in [3.8, 4) is 16.9 Å². The van der Waals surface area contributed by atoms with Crippen LogP contribution in [0.2, 0.25) is 0 Å². The van der Waals surface area contributed by atoms with Crippen molar-refractivity contribution in [3.63, 3.8) is 0 Å². The van der Waals surface area contributed by atoms with Gasteiger partial charge in [-0.1, -0.05) is 146 Å². The third kappa shape index (κ3) is 5.48. The van der Waals surface area contributed by atoms with E-state index in [1.807, 2.05) is 66.9 Å². The maximum absolute atomic E-state index is 17.4. The number of fused-ring (bicyclic) bond motifs is 6. The largest absolute Gasteiger partial charge is 0.309 e. The first-order chi connectivity index (χ1) is 29.2. The minimum atomic E-state index is -3.12. The highest BCUT2D eigenvalue weighted by Crippen LogP contribution is 2.46. The lowest BCUT2D eigenvalue weighted by molar-refractivity contribution is 0.402. The van der Waals surface area contributed by atoms with Crippen molar-refractivity contribution in [1.82, 2.24) is 14.5 Å². The molecule has 4 heterocycles. The summed E-state index contributed by atoms with van der Waals surface area (Å²) >= 11 is 0. The smallest absolute Gasteiger partial charge is 0.184 e. The molecule has 1 aliphatic heterocycles. The molecule has 0 saturated heterocycles. The molecular weight excluding hydrogens is 740 g/mol. The van der Waals surface area contributed by atoms with Gasteiger partial charge in [0.1, 0.15) is 5.82 Å². The second kappa shape index (κ2) is 14.2. The number of hydrogen-bond acceptors (Lipinski definition) is 3. The standard InChI is InChI=1S/C53H37FN4Si/c54-52(38-18-16-17-37(35-38)44-26-12-14-33-55-44)39-29-31-48-47(36-39)58(50-28-13-15-34-56-50)53-49(59(48,41-21-6-2-7-22-41)42-23-8-3-9-24-42)32-30-46-51(53)43-25-10-11-27-45(43)57(46)40-19-4-1-5-20-40/h1-36,52H. The van der Waals surface area contributed by atoms with Crippen LogP contribution in [0, 0.1) is 0 Å². The summed E-state index contributed by atoms with van der Waals surface area (Å²) in [7, 11) is -3.12. The monoisotopic (exact) mass is 776 g/mol. The van der Waals surface area contributed by atoms with E-state index in [2.05, 4.69) is 160 Å². The van der Waals surface area contributed by atoms with Gasteiger partial charge in [0.2, 0.25) is 0 Å². The number of pyridine rings is 2. The van der Waals surface area contributed by atoms with E-state index in [0.717, 1.165) is 55.9 Å². The SMILES string of the molecule is FC(c1cccc(-c2ccccn2)c1)c1ccc2c(c1)N(c1ccccn1)c1c(ccc3c1c1ccccc1n3-c1ccccc1)[Si]2(c1ccccc1)c1ccccc1. The molecule has 1 aliphatic rings. The lowest BCUT2D eigenvalue weighted by atomic mass is 9.98. The fourth-order valence-corrected chi connectivity index (χ4v) is 14.5. The quantitative estimate of drug-likeness (QED) is 0.151. The van der Waals surface area contributed by atoms with E-state index in [1.165, 1.54) is 20.7 Å². The zero-order valence-electron chi connectivity index (χ0n) is 32.0. The van der Waals surface area contributed by atoms with Gasteiger partial charge in [-0.2, -0.15) is 0 Å². The molecule has 0 amide bonds. The molecule has 0 aliphatic carbocycles. The summed E-state index contributed by atoms with van der Waals surface area (Å²) in [4.78, 5) is 11.9. The molecule has 0 bridgehead atoms. The second-order valence-electron chi connectivity index (χ2n) is 15.0. The molecule has 59 heavy (non-hydrogen) atoms. The molecule has 4 nitrogen and oxygen atoms in total. The highest BCUT2D eigenvalue weighted by atomic mass is 28.3. The van der Waals surface area contributed by atoms with Crippen LogP contribution < -0.4 is 25.6 Å². The molecule has 3 aromatic heterocycles. The Kier molecular flexibility index (Phi) is 8.38. The van der Waals surface area contributed by atoms with Gasteiger partial charge in [-0.25, -0.2) is 9.37 Å². The van der Waals surface area contributed by atoms with Crippen LogP contribution in [0.15, 0.2) is 219 Å². The van der Waals surface area contributed by atoms with E-state index in [1.54, 1.807) is 6.20 Å². The number of rotatable bonds is 7. The Bertz CT molecular complexity index is 3080. The van der Waals surface area contributed by atoms with Gasteiger partial charge in [-0.3, -0.25) is 9.88 Å². The summed E-state index contributed by atoms with van der Waals surface area (Å²) in [6.07, 6.45) is 2.23. The average molecular weight is 777 g/mol. The molecule has 0 saturated carbocycles. The number of benzene rings is 7. The van der Waals surface area contributed by atoms with Crippen LogP contribution in [0.3, 0.4) is 0 Å². The summed E-state index contributed by atoms with van der Waals surface area (Å²) in [6.45, 7) is 0. The molecule has 0 spiro atoms. The average Bonchev–Trinajstić information content (AvgIpc) is 3.66. The highest BCUT2D eigenvalue weighted by molar-refractivity contribution is 7.21. The molecule has 1 atom stereocenters. The second-order valence-corrected chi connectivity index (χ2v) is 18.8. The van der Waals surface area contributed by atoms with Crippen LogP contribution >= 0.6 is 0 Å². The van der Waals surface area contributed by atoms with Gasteiger partial charge in [-0.05, 0) is 92.5 Å². The Morgan fingerprint density at radius 1 is 0.492 bits per heavy atom. The number of anilines is 3. The summed E-state index contributed by atoms with van der Waals surface area (Å²) in [5.41, 5.74) is 8.15. The van der Waals surface area contributed by atoms with Crippen molar-refractivity contribution < 1.29 is 4.39 Å². The maximum atomic E-state index is 17.4. The number of nitrogens with zero attached hydrogens (tertiary/aromatic N) is 4. The number of hydrogen-bond donors (Lipinski definition) is 0. The maximum Gasteiger partial charge on any atom is 0.184 e. The first-order valence-corrected chi connectivity index (χ1v) is 22.0. The lowest BCUT2D eigenvalue weighted by Gasteiger charge is -2.45. The zero-order valence-corrected chi connectivity index (χ0v) is 33.0. The van der Waals surface area contributed by atoms with Gasteiger partial charge < -0.3 is 4.57 Å². The van der Waals surface area contributed by atoms with Crippen LogP contribution in [0.5, 0.6) is 0 Å². The highest BCUT2D eigenvalue weighted by Gasteiger charge is 2.50. The Hall–Kier alpha value is -7.41. The van der Waals surface area contributed by atoms with Gasteiger partial charge in [0.25, 0.3) is 0 Å². The number of halogens is 1. The molecule has 11 rings (SSSR count). The molecule has 7 aromatic carbocycles. The number of para-hydroxylation sites is 2. The third-order valence-electron chi connectivity index (χ3n) is 11.8. The predicted octanol–water partition coefficient (Wildman–Crippen LogP) is 10.5. The fraction of sp³-hybridized carbons (Fsp3) is 0.0189. The Labute approximate surface area is 343 Å². The van der Waals surface area contributed by atoms with Crippen molar-refractivity contribution in [2.24, 2.45) is 0 Å². The van der Waals surface area contributed by atoms with Crippen molar-refractivity contribution in [2.45, 2.75) is 6.17 Å². The number of alkyl halides is 1. The van der Waals surface area contributed by atoms with Crippen molar-refractivity contribution in [1.29, 1.82) is 0 Å². The Morgan fingerprint density at radius 2 is 1.14 bits per heavy atom. The molecular formula is C53H37FN4Si. The molecule has 0 radical (unpaired) electrons. The Morgan fingerprint density at radius 3 is 1.85 bits per heavy atom. The van der Waals surface area contributed by atoms with E-state index in [9.17, 15) is 0 Å². The summed E-state index contributed by atoms with van der Waals surface area (Å²) in [5.74, 6) is 0.771. The molecule has 1 unspecified atom stereocenters. The molecule has 0 N–H and O–H groups in total. The van der Waals surface area contributed by atoms with Crippen LogP contribution in [-0.4, -0.2) is 22.6 Å². The normalized spacial score (nSPS) is 13.5. The van der Waals surface area contributed by atoms with Gasteiger partial charge in [0, 0.05) is 40.1 Å². The van der Waals surface area contributed by atoms with E-state index < -0.39 is 14.2 Å². The first-order valence-electron chi connectivity index (χ1n) is 20.0. The lowest BCUT2D eigenvalue weighted by Crippen LogP contribution is -2.77. The van der Waals surface area contributed by atoms with E-state index in [0.29, 0.717) is 11.1 Å². The van der Waals surface area contributed by atoms with Crippen molar-refractivity contribution >= 4 is 67.8 Å². The minimum absolute atomic E-state index is 0.578. The van der Waals surface area contributed by atoms with Crippen LogP contribution in [0.25, 0.3) is 38.8 Å². The van der Waals surface area contributed by atoms with Crippen LogP contribution in [-0.2, 0) is 0 Å². The topological polar surface area (TPSA) is 34.0 Å². The molecule has 6 heteroatoms. The minimum Gasteiger partial charge on any atom is -0.309 e. The van der Waals surface area contributed by atoms with E-state index >= 15 is 4.39 Å². The Balaban J connectivity index is 1.27. The summed E-state index contributed by atoms with van der Waals surface area (Å²) < 4.78 is 19.8. The molecule has 0 fully saturated rings. The predicted molar refractivity (Wildman–Crippen MR) is 243 cm³/mol. The van der Waals surface area contributed by atoms with E-state index in [4.69, 9.17) is 4.98 Å². The zero-order chi connectivity index (χ0) is 39.3. The van der Waals surface area contributed by atoms with Crippen LogP contribution in [0.4, 0.5) is 21.6 Å². The van der Waals surface area contributed by atoms with Crippen LogP contribution in [0.1, 0.15) is 17.3 Å². The molecule has 280 valence electrons. The van der Waals surface area contributed by atoms with Gasteiger partial charge in [0.05, 0.1) is 22.4 Å². The summed E-state index contributed by atoms with van der Waals surface area (Å²) in [6, 6.07) is 71.8. The van der Waals surface area contributed by atoms with Crippen molar-refractivity contribution in [2.75, 3.05) is 4.90 Å². The fourth-order valence-electron chi connectivity index (χ4n) is 9.38. The summed E-state index contributed by atoms with van der Waals surface area (Å²) in [5, 5.41) is 7.22. The first kappa shape index (κ1) is 34.8.